The van der Waals surface area contributed by atoms with Crippen molar-refractivity contribution in [2.45, 2.75) is 38.7 Å². The molecule has 1 aromatic heterocycles. The van der Waals surface area contributed by atoms with Crippen LogP contribution < -0.4 is 0 Å². The molecule has 5 rings (SSSR count). The number of thioether (sulfide) groups is 1. The Hall–Kier alpha value is -3.35. The summed E-state index contributed by atoms with van der Waals surface area (Å²) in [5.41, 5.74) is 0.655. The number of aromatic nitrogens is 2. The molecule has 41 heavy (non-hydrogen) atoms. The van der Waals surface area contributed by atoms with Gasteiger partial charge in [-0.2, -0.15) is 23.3 Å². The third-order valence-corrected chi connectivity index (χ3v) is 8.30. The van der Waals surface area contributed by atoms with Crippen molar-refractivity contribution in [1.82, 2.24) is 19.6 Å². The molecule has 8 nitrogen and oxygen atoms in total. The molecule has 216 valence electrons. The van der Waals surface area contributed by atoms with Crippen LogP contribution in [0.2, 0.25) is 5.02 Å². The van der Waals surface area contributed by atoms with Gasteiger partial charge in [0.25, 0.3) is 5.91 Å². The smallest absolute Gasteiger partial charge is 0.375 e. The normalized spacial score (nSPS) is 20.8. The summed E-state index contributed by atoms with van der Waals surface area (Å²) in [6.45, 7) is 4.95. The van der Waals surface area contributed by atoms with Crippen LogP contribution in [0.1, 0.15) is 30.5 Å². The number of nitrogens with zero attached hydrogens (tertiary/aromatic N) is 5. The molecule has 3 aromatic rings. The lowest BCUT2D eigenvalue weighted by Crippen LogP contribution is -2.60. The first-order valence-corrected chi connectivity index (χ1v) is 14.0. The van der Waals surface area contributed by atoms with Gasteiger partial charge in [0.2, 0.25) is 5.91 Å². The maximum Gasteiger partial charge on any atom is 0.416 e. The fourth-order valence-electron chi connectivity index (χ4n) is 5.29. The van der Waals surface area contributed by atoms with Gasteiger partial charge >= 0.3 is 6.18 Å². The van der Waals surface area contributed by atoms with Gasteiger partial charge in [0, 0.05) is 42.7 Å². The molecular formula is C28H27ClF3N5O3S. The number of alkyl halides is 3. The highest BCUT2D eigenvalue weighted by molar-refractivity contribution is 8.18. The monoisotopic (exact) mass is 605 g/mol. The molecule has 2 atom stereocenters. The summed E-state index contributed by atoms with van der Waals surface area (Å²) in [6, 6.07) is 8.93. The molecule has 0 bridgehead atoms. The molecule has 2 aliphatic heterocycles. The Kier molecular flexibility index (Phi) is 8.18. The van der Waals surface area contributed by atoms with E-state index in [1.165, 1.54) is 35.7 Å². The molecule has 2 aliphatic rings. The van der Waals surface area contributed by atoms with E-state index in [1.807, 2.05) is 29.7 Å². The Bertz CT molecular complexity index is 1560. The second-order valence-electron chi connectivity index (χ2n) is 10.1. The summed E-state index contributed by atoms with van der Waals surface area (Å²) >= 11 is 7.09. The molecule has 0 saturated carbocycles. The number of ether oxygens (including phenoxy) is 1. The van der Waals surface area contributed by atoms with Crippen LogP contribution in [-0.2, 0) is 27.0 Å². The molecule has 0 N–H and O–H groups in total. The number of piperazine rings is 1. The van der Waals surface area contributed by atoms with Gasteiger partial charge in [-0.05, 0) is 67.1 Å². The molecule has 1 fully saturated rings. The first kappa shape index (κ1) is 29.2. The Morgan fingerprint density at radius 2 is 1.90 bits per heavy atom. The molecule has 2 aromatic carbocycles. The van der Waals surface area contributed by atoms with E-state index in [2.05, 4.69) is 10.1 Å². The number of fused-ring (bicyclic) bond motifs is 1. The van der Waals surface area contributed by atoms with E-state index in [0.29, 0.717) is 28.7 Å². The predicted octanol–water partition coefficient (Wildman–Crippen LogP) is 5.29. The molecule has 0 spiro atoms. The number of hydrogen-bond donors (Lipinski definition) is 0. The topological polar surface area (TPSA) is 80.0 Å². The van der Waals surface area contributed by atoms with Crippen molar-refractivity contribution >= 4 is 57.3 Å². The van der Waals surface area contributed by atoms with E-state index in [0.717, 1.165) is 17.0 Å². The zero-order valence-electron chi connectivity index (χ0n) is 22.5. The van der Waals surface area contributed by atoms with E-state index in [1.54, 1.807) is 24.4 Å². The fraction of sp³-hybridized carbons (Fsp3) is 0.357. The Balaban J connectivity index is 1.31. The number of amides is 2. The number of methoxy groups -OCH3 is 1. The standard InChI is InChI=1S/C28H27ClF3N5O3S/c1-16-12-35(13-17(2)37(16)25(38)15-40-3)27-34-26(39)24(41-27)9-18-4-7-23-20(8-18)11-33-36(23)14-19-5-6-21(29)10-22(19)28(30,31)32/h4-11,16-17H,12-15H2,1-3H3. The number of aliphatic imine (C=N–C) groups is 1. The van der Waals surface area contributed by atoms with Gasteiger partial charge in [-0.25, -0.2) is 0 Å². The first-order valence-electron chi connectivity index (χ1n) is 12.8. The van der Waals surface area contributed by atoms with Crippen LogP contribution >= 0.6 is 23.4 Å². The Morgan fingerprint density at radius 3 is 2.59 bits per heavy atom. The number of amidine groups is 1. The van der Waals surface area contributed by atoms with Crippen molar-refractivity contribution in [2.24, 2.45) is 4.99 Å². The van der Waals surface area contributed by atoms with E-state index in [4.69, 9.17) is 16.3 Å². The summed E-state index contributed by atoms with van der Waals surface area (Å²) in [6.07, 6.45) is -1.22. The number of rotatable bonds is 5. The molecule has 2 unspecified atom stereocenters. The highest BCUT2D eigenvalue weighted by atomic mass is 35.5. The van der Waals surface area contributed by atoms with Gasteiger partial charge in [-0.15, -0.1) is 0 Å². The predicted molar refractivity (Wildman–Crippen MR) is 153 cm³/mol. The van der Waals surface area contributed by atoms with Crippen molar-refractivity contribution in [3.05, 3.63) is 69.2 Å². The number of carbonyl (C=O) groups is 2. The Morgan fingerprint density at radius 1 is 1.17 bits per heavy atom. The molecule has 2 amide bonds. The second kappa shape index (κ2) is 11.5. The molecule has 0 aliphatic carbocycles. The minimum Gasteiger partial charge on any atom is -0.375 e. The van der Waals surface area contributed by atoms with E-state index < -0.39 is 11.7 Å². The third kappa shape index (κ3) is 6.14. The summed E-state index contributed by atoms with van der Waals surface area (Å²) in [7, 11) is 1.49. The summed E-state index contributed by atoms with van der Waals surface area (Å²) in [5.74, 6) is -0.418. The van der Waals surface area contributed by atoms with Crippen LogP contribution in [0, 0.1) is 0 Å². The maximum atomic E-state index is 13.6. The van der Waals surface area contributed by atoms with Gasteiger partial charge in [0.15, 0.2) is 5.17 Å². The van der Waals surface area contributed by atoms with Crippen molar-refractivity contribution in [3.63, 3.8) is 0 Å². The SMILES string of the molecule is COCC(=O)N1C(C)CN(C2=NC(=O)C(=Cc3ccc4c(cnn4Cc4ccc(Cl)cc4C(F)(F)F)c3)S2)CC1C. The van der Waals surface area contributed by atoms with Crippen molar-refractivity contribution < 1.29 is 27.5 Å². The zero-order chi connectivity index (χ0) is 29.5. The number of carbonyl (C=O) groups excluding carboxylic acids is 2. The molecular weight excluding hydrogens is 579 g/mol. The Labute approximate surface area is 243 Å². The lowest BCUT2D eigenvalue weighted by molar-refractivity contribution is -0.142. The summed E-state index contributed by atoms with van der Waals surface area (Å²) < 4.78 is 47.2. The number of benzene rings is 2. The average Bonchev–Trinajstić information content (AvgIpc) is 3.47. The molecule has 0 radical (unpaired) electrons. The minimum absolute atomic E-state index is 0.0130. The van der Waals surface area contributed by atoms with Crippen LogP contribution in [-0.4, -0.2) is 75.5 Å². The quantitative estimate of drug-likeness (QED) is 0.368. The van der Waals surface area contributed by atoms with E-state index in [9.17, 15) is 22.8 Å². The van der Waals surface area contributed by atoms with Crippen molar-refractivity contribution in [1.29, 1.82) is 0 Å². The van der Waals surface area contributed by atoms with Crippen LogP contribution in [0.3, 0.4) is 0 Å². The highest BCUT2D eigenvalue weighted by Crippen LogP contribution is 2.35. The summed E-state index contributed by atoms with van der Waals surface area (Å²) in [4.78, 5) is 33.7. The van der Waals surface area contributed by atoms with Crippen LogP contribution in [0.4, 0.5) is 13.2 Å². The van der Waals surface area contributed by atoms with E-state index >= 15 is 0 Å². The van der Waals surface area contributed by atoms with Crippen LogP contribution in [0.15, 0.2) is 52.5 Å². The lowest BCUT2D eigenvalue weighted by atomic mass is 10.1. The van der Waals surface area contributed by atoms with Gasteiger partial charge < -0.3 is 14.5 Å². The minimum atomic E-state index is -4.54. The van der Waals surface area contributed by atoms with E-state index in [-0.39, 0.29) is 47.6 Å². The van der Waals surface area contributed by atoms with Gasteiger partial charge in [-0.3, -0.25) is 14.3 Å². The van der Waals surface area contributed by atoms with Crippen LogP contribution in [0.25, 0.3) is 17.0 Å². The van der Waals surface area contributed by atoms with Gasteiger partial charge in [-0.1, -0.05) is 23.7 Å². The molecule has 13 heteroatoms. The number of halogens is 4. The average molecular weight is 606 g/mol. The van der Waals surface area contributed by atoms with Crippen molar-refractivity contribution in [3.8, 4) is 0 Å². The number of hydrogen-bond acceptors (Lipinski definition) is 6. The first-order chi connectivity index (χ1) is 19.4. The van der Waals surface area contributed by atoms with Gasteiger partial charge in [0.1, 0.15) is 6.61 Å². The third-order valence-electron chi connectivity index (χ3n) is 7.02. The highest BCUT2D eigenvalue weighted by Gasteiger charge is 2.37. The van der Waals surface area contributed by atoms with Gasteiger partial charge in [0.05, 0.1) is 28.7 Å². The van der Waals surface area contributed by atoms with Crippen molar-refractivity contribution in [2.75, 3.05) is 26.8 Å². The van der Waals surface area contributed by atoms with Crippen LogP contribution in [0.5, 0.6) is 0 Å². The lowest BCUT2D eigenvalue weighted by Gasteiger charge is -2.44. The fourth-order valence-corrected chi connectivity index (χ4v) is 6.39. The summed E-state index contributed by atoms with van der Waals surface area (Å²) in [5, 5.41) is 5.63. The second-order valence-corrected chi connectivity index (χ2v) is 11.5. The zero-order valence-corrected chi connectivity index (χ0v) is 24.1. The maximum absolute atomic E-state index is 13.6. The largest absolute Gasteiger partial charge is 0.416 e. The molecule has 1 saturated heterocycles. The molecule has 3 heterocycles.